The third kappa shape index (κ3) is 17.5. The van der Waals surface area contributed by atoms with Crippen LogP contribution in [0.2, 0.25) is 0 Å². The molecule has 81 heavy (non-hydrogen) atoms. The molecule has 0 bridgehead atoms. The molecule has 2 aromatic carbocycles. The van der Waals surface area contributed by atoms with Crippen LogP contribution in [0.4, 0.5) is 10.5 Å². The normalized spacial score (nSPS) is 22.5. The van der Waals surface area contributed by atoms with Gasteiger partial charge in [-0.05, 0) is 67.8 Å². The lowest BCUT2D eigenvalue weighted by Crippen LogP contribution is -2.61. The number of nitrogens with one attached hydrogen (secondary N) is 4. The summed E-state index contributed by atoms with van der Waals surface area (Å²) in [5, 5.41) is 62.9. The monoisotopic (exact) mass is 1140 g/mol. The van der Waals surface area contributed by atoms with Gasteiger partial charge >= 0.3 is 12.1 Å². The molecule has 6 amide bonds. The molecular formula is C57H89N7O17. The van der Waals surface area contributed by atoms with E-state index in [1.807, 2.05) is 32.0 Å². The summed E-state index contributed by atoms with van der Waals surface area (Å²) >= 11 is 0. The highest BCUT2D eigenvalue weighted by molar-refractivity contribution is 5.93. The average Bonchev–Trinajstić information content (AvgIpc) is 4.02. The Balaban J connectivity index is 1.47. The van der Waals surface area contributed by atoms with Crippen LogP contribution < -0.4 is 26.0 Å². The van der Waals surface area contributed by atoms with Gasteiger partial charge in [-0.15, -0.1) is 0 Å². The molecule has 0 radical (unpaired) electrons. The Morgan fingerprint density at radius 3 is 2.09 bits per heavy atom. The number of carbonyl (C=O) groups excluding carboxylic acids is 6. The number of ether oxygens (including phenoxy) is 5. The molecule has 454 valence electrons. The summed E-state index contributed by atoms with van der Waals surface area (Å²) in [5.74, 6) is -5.69. The number of aliphatic hydroxyl groups excluding tert-OH is 4. The lowest BCUT2D eigenvalue weighted by molar-refractivity contribution is -0.271. The number of methoxy groups -OCH3 is 2. The molecule has 0 spiro atoms. The Kier molecular flexibility index (Phi) is 26.2. The van der Waals surface area contributed by atoms with Crippen LogP contribution in [0.1, 0.15) is 105 Å². The number of rotatable bonds is 29. The molecule has 13 unspecified atom stereocenters. The summed E-state index contributed by atoms with van der Waals surface area (Å²) in [4.78, 5) is 100. The second-order valence-electron chi connectivity index (χ2n) is 21.9. The molecule has 0 aromatic heterocycles. The smallest absolute Gasteiger partial charge is 0.410 e. The maximum Gasteiger partial charge on any atom is 0.410 e. The van der Waals surface area contributed by atoms with E-state index >= 15 is 0 Å². The Morgan fingerprint density at radius 2 is 1.51 bits per heavy atom. The van der Waals surface area contributed by atoms with Crippen LogP contribution in [0.5, 0.6) is 5.75 Å². The second kappa shape index (κ2) is 31.4. The van der Waals surface area contributed by atoms with Crippen molar-refractivity contribution < 1.29 is 82.8 Å². The van der Waals surface area contributed by atoms with Crippen LogP contribution in [0.3, 0.4) is 0 Å². The Morgan fingerprint density at radius 1 is 0.840 bits per heavy atom. The predicted molar refractivity (Wildman–Crippen MR) is 297 cm³/mol. The van der Waals surface area contributed by atoms with E-state index in [-0.39, 0.29) is 48.6 Å². The van der Waals surface area contributed by atoms with Gasteiger partial charge in [0.1, 0.15) is 42.8 Å². The molecule has 2 fully saturated rings. The number of likely N-dealkylation sites (tertiary alicyclic amines) is 1. The van der Waals surface area contributed by atoms with E-state index in [2.05, 4.69) is 21.3 Å². The van der Waals surface area contributed by atoms with Gasteiger partial charge in [0, 0.05) is 47.8 Å². The van der Waals surface area contributed by atoms with Crippen molar-refractivity contribution in [3.05, 3.63) is 59.7 Å². The average molecular weight is 1140 g/mol. The van der Waals surface area contributed by atoms with Gasteiger partial charge < -0.3 is 80.3 Å². The van der Waals surface area contributed by atoms with E-state index < -0.39 is 127 Å². The Hall–Kier alpha value is -5.99. The van der Waals surface area contributed by atoms with Gasteiger partial charge in [-0.2, -0.15) is 0 Å². The summed E-state index contributed by atoms with van der Waals surface area (Å²) < 4.78 is 28.7. The number of hydrogen-bond donors (Lipinski definition) is 9. The van der Waals surface area contributed by atoms with Crippen LogP contribution in [0, 0.1) is 23.7 Å². The van der Waals surface area contributed by atoms with E-state index in [4.69, 9.17) is 23.7 Å². The predicted octanol–water partition coefficient (Wildman–Crippen LogP) is 2.40. The number of aliphatic carboxylic acids is 1. The summed E-state index contributed by atoms with van der Waals surface area (Å²) in [5.41, 5.74) is 0.992. The maximum absolute atomic E-state index is 14.8. The van der Waals surface area contributed by atoms with Gasteiger partial charge in [0.2, 0.25) is 35.8 Å². The van der Waals surface area contributed by atoms with E-state index in [1.165, 1.54) is 44.4 Å². The molecule has 2 heterocycles. The zero-order valence-corrected chi connectivity index (χ0v) is 49.1. The molecule has 24 nitrogen and oxygen atoms in total. The van der Waals surface area contributed by atoms with Gasteiger partial charge in [0.15, 0.2) is 6.10 Å². The first kappa shape index (κ1) is 67.5. The number of hydrogen-bond acceptors (Lipinski definition) is 17. The maximum atomic E-state index is 14.8. The van der Waals surface area contributed by atoms with Crippen molar-refractivity contribution in [1.82, 2.24) is 30.7 Å². The van der Waals surface area contributed by atoms with Gasteiger partial charge in [-0.1, -0.05) is 91.3 Å². The molecule has 0 aliphatic carbocycles. The summed E-state index contributed by atoms with van der Waals surface area (Å²) in [6.07, 6.45) is -11.1. The molecule has 0 saturated carbocycles. The molecule has 2 saturated heterocycles. The quantitative estimate of drug-likeness (QED) is 0.0565. The van der Waals surface area contributed by atoms with Crippen LogP contribution in [-0.2, 0) is 54.3 Å². The van der Waals surface area contributed by atoms with Gasteiger partial charge in [-0.3, -0.25) is 28.9 Å². The summed E-state index contributed by atoms with van der Waals surface area (Å²) in [6, 6.07) is 9.30. The zero-order valence-electron chi connectivity index (χ0n) is 49.1. The van der Waals surface area contributed by atoms with Gasteiger partial charge in [-0.25, -0.2) is 9.59 Å². The molecule has 9 N–H and O–H groups in total. The van der Waals surface area contributed by atoms with Crippen LogP contribution in [0.15, 0.2) is 48.5 Å². The van der Waals surface area contributed by atoms with Crippen molar-refractivity contribution in [2.24, 2.45) is 23.7 Å². The van der Waals surface area contributed by atoms with Crippen molar-refractivity contribution >= 4 is 47.3 Å². The standard InChI is InChI=1S/C57H89N7O17/c1-14-32(6)45(40(77-12)28-42(66)64-26-18-21-38(64)50(78-13)33(7)52(71)59-34(8)46(67)36-19-16-15-17-20-36)62(10)54(73)43(30(2)3)61-53(72)44(31(4)5)63(11)57(76)79-29-35-22-23-39(37(27-35)60-41(65)24-25-58-9)80-56-49(70)47(68)48(69)51(81-56)55(74)75/h15-17,19-20,22-23,27,30-34,38,40,43-51,56,58,67-70H,14,18,21,24-26,28-29H2,1-13H3,(H,59,71)(H,60,65)(H,61,72)(H,74,75)/t32?,33?,34?,38?,40?,43?,44?,45?,46?,47-,48?,49-,50?,51?,56?/m0/s1. The highest BCUT2D eigenvalue weighted by Gasteiger charge is 2.49. The minimum Gasteiger partial charge on any atom is -0.479 e. The minimum absolute atomic E-state index is 0.00527. The number of nitrogens with zero attached hydrogens (tertiary/aromatic N) is 3. The Labute approximate surface area is 475 Å². The molecule has 24 heteroatoms. The number of carboxylic acids is 1. The van der Waals surface area contributed by atoms with E-state index in [9.17, 15) is 59.1 Å². The fourth-order valence-corrected chi connectivity index (χ4v) is 10.5. The number of benzene rings is 2. The number of anilines is 1. The third-order valence-electron chi connectivity index (χ3n) is 15.4. The number of aliphatic hydroxyl groups is 4. The van der Waals surface area contributed by atoms with Gasteiger partial charge in [0.25, 0.3) is 0 Å². The lowest BCUT2D eigenvalue weighted by atomic mass is 9.89. The first-order chi connectivity index (χ1) is 38.2. The second-order valence-corrected chi connectivity index (χ2v) is 21.9. The lowest BCUT2D eigenvalue weighted by Gasteiger charge is -2.41. The van der Waals surface area contributed by atoms with Crippen molar-refractivity contribution in [2.75, 3.05) is 53.8 Å². The third-order valence-corrected chi connectivity index (χ3v) is 15.4. The fourth-order valence-electron chi connectivity index (χ4n) is 10.5. The molecular weight excluding hydrogens is 1050 g/mol. The SMILES string of the molecule is CCC(C)C(C(CC(=O)N1CCCC1C(OC)C(C)C(=O)NC(C)C(O)c1ccccc1)OC)N(C)C(=O)C(NC(=O)C(C(C)C)N(C)C(=O)OCc1ccc(OC2OC(C(=O)O)C(O)[C@H](O)[C@@H]2O)c(NC(=O)CCNC)c1)C(C)C. The van der Waals surface area contributed by atoms with E-state index in [1.54, 1.807) is 72.7 Å². The molecule has 2 aliphatic heterocycles. The molecule has 2 aromatic rings. The highest BCUT2D eigenvalue weighted by Crippen LogP contribution is 2.33. The highest BCUT2D eigenvalue weighted by atomic mass is 16.7. The number of likely N-dealkylation sites (N-methyl/N-ethyl adjacent to an activating group) is 2. The Bertz CT molecular complexity index is 2400. The van der Waals surface area contributed by atoms with Crippen molar-refractivity contribution in [3.63, 3.8) is 0 Å². The van der Waals surface area contributed by atoms with Crippen molar-refractivity contribution in [2.45, 2.75) is 173 Å². The number of carboxylic acid groups (broad SMARTS) is 1. The zero-order chi connectivity index (χ0) is 60.6. The van der Waals surface area contributed by atoms with E-state index in [0.29, 0.717) is 43.5 Å². The first-order valence-corrected chi connectivity index (χ1v) is 27.8. The van der Waals surface area contributed by atoms with Crippen LogP contribution in [-0.4, -0.2) is 203 Å². The van der Waals surface area contributed by atoms with Crippen LogP contribution in [0.25, 0.3) is 0 Å². The van der Waals surface area contributed by atoms with Crippen molar-refractivity contribution in [3.8, 4) is 5.75 Å². The largest absolute Gasteiger partial charge is 0.479 e. The van der Waals surface area contributed by atoms with E-state index in [0.717, 1.165) is 4.90 Å². The van der Waals surface area contributed by atoms with Crippen LogP contribution >= 0.6 is 0 Å². The van der Waals surface area contributed by atoms with Crippen molar-refractivity contribution in [1.29, 1.82) is 0 Å². The topological polar surface area (TPSA) is 325 Å². The molecule has 2 aliphatic rings. The minimum atomic E-state index is -1.97. The fraction of sp³-hybridized carbons (Fsp3) is 0.667. The first-order valence-electron chi connectivity index (χ1n) is 27.8. The number of amides is 6. The van der Waals surface area contributed by atoms with Gasteiger partial charge in [0.05, 0.1) is 54.5 Å². The molecule has 4 rings (SSSR count). The molecule has 15 atom stereocenters. The number of carbonyl (C=O) groups is 7. The summed E-state index contributed by atoms with van der Waals surface area (Å²) in [6.45, 7) is 14.7. The summed E-state index contributed by atoms with van der Waals surface area (Å²) in [7, 11) is 7.64.